The van der Waals surface area contributed by atoms with Gasteiger partial charge in [0.2, 0.25) is 15.4 Å². The first-order chi connectivity index (χ1) is 9.87. The van der Waals surface area contributed by atoms with E-state index in [2.05, 4.69) is 20.2 Å². The van der Waals surface area contributed by atoms with Crippen molar-refractivity contribution in [1.29, 1.82) is 0 Å². The SMILES string of the molecule is CC(=O)Nc1nnc(S(=O)(=O)NCCc2ccn(C)c2)s1. The molecule has 0 bridgehead atoms. The average Bonchev–Trinajstić information content (AvgIpc) is 2.98. The van der Waals surface area contributed by atoms with Crippen molar-refractivity contribution < 1.29 is 13.2 Å². The normalized spacial score (nSPS) is 11.5. The molecule has 2 aromatic heterocycles. The van der Waals surface area contributed by atoms with E-state index in [9.17, 15) is 13.2 Å². The molecule has 0 aromatic carbocycles. The van der Waals surface area contributed by atoms with Crippen LogP contribution in [0, 0.1) is 0 Å². The molecule has 0 aliphatic rings. The van der Waals surface area contributed by atoms with Gasteiger partial charge in [-0.3, -0.25) is 4.79 Å². The van der Waals surface area contributed by atoms with E-state index in [-0.39, 0.29) is 21.9 Å². The lowest BCUT2D eigenvalue weighted by Gasteiger charge is -2.02. The number of nitrogens with one attached hydrogen (secondary N) is 2. The second-order valence-electron chi connectivity index (χ2n) is 4.39. The van der Waals surface area contributed by atoms with Crippen LogP contribution in [-0.4, -0.2) is 35.6 Å². The molecule has 0 aliphatic heterocycles. The maximum absolute atomic E-state index is 12.0. The quantitative estimate of drug-likeness (QED) is 0.744. The Morgan fingerprint density at radius 1 is 1.43 bits per heavy atom. The highest BCUT2D eigenvalue weighted by atomic mass is 32.2. The highest BCUT2D eigenvalue weighted by molar-refractivity contribution is 7.91. The summed E-state index contributed by atoms with van der Waals surface area (Å²) >= 11 is 0.810. The molecule has 2 rings (SSSR count). The predicted molar refractivity (Wildman–Crippen MR) is 78.5 cm³/mol. The number of aryl methyl sites for hydroxylation is 1. The third-order valence-electron chi connectivity index (χ3n) is 2.52. The van der Waals surface area contributed by atoms with Gasteiger partial charge in [-0.15, -0.1) is 10.2 Å². The number of nitrogens with zero attached hydrogens (tertiary/aromatic N) is 3. The van der Waals surface area contributed by atoms with Gasteiger partial charge in [0.25, 0.3) is 10.0 Å². The summed E-state index contributed by atoms with van der Waals surface area (Å²) < 4.78 is 28.2. The third-order valence-corrected chi connectivity index (χ3v) is 5.19. The van der Waals surface area contributed by atoms with Crippen LogP contribution in [0.15, 0.2) is 22.8 Å². The Bertz CT molecular complexity index is 735. The average molecular weight is 329 g/mol. The van der Waals surface area contributed by atoms with Gasteiger partial charge >= 0.3 is 0 Å². The molecule has 114 valence electrons. The van der Waals surface area contributed by atoms with Gasteiger partial charge in [-0.25, -0.2) is 13.1 Å². The van der Waals surface area contributed by atoms with Crippen LogP contribution < -0.4 is 10.0 Å². The van der Waals surface area contributed by atoms with Crippen molar-refractivity contribution in [1.82, 2.24) is 19.5 Å². The zero-order chi connectivity index (χ0) is 15.5. The van der Waals surface area contributed by atoms with Crippen LogP contribution >= 0.6 is 11.3 Å². The van der Waals surface area contributed by atoms with Gasteiger partial charge in [0.05, 0.1) is 0 Å². The summed E-state index contributed by atoms with van der Waals surface area (Å²) in [6.07, 6.45) is 4.40. The number of amides is 1. The van der Waals surface area contributed by atoms with Gasteiger partial charge in [-0.1, -0.05) is 11.3 Å². The maximum atomic E-state index is 12.0. The first-order valence-electron chi connectivity index (χ1n) is 6.08. The Balaban J connectivity index is 1.94. The van der Waals surface area contributed by atoms with E-state index >= 15 is 0 Å². The molecular formula is C11H15N5O3S2. The molecule has 0 unspecified atom stereocenters. The van der Waals surface area contributed by atoms with Crippen molar-refractivity contribution in [3.8, 4) is 0 Å². The molecular weight excluding hydrogens is 314 g/mol. The maximum Gasteiger partial charge on any atom is 0.269 e. The summed E-state index contributed by atoms with van der Waals surface area (Å²) in [6, 6.07) is 1.92. The molecule has 2 N–H and O–H groups in total. The molecule has 2 aromatic rings. The molecule has 8 nitrogen and oxygen atoms in total. The second-order valence-corrected chi connectivity index (χ2v) is 7.31. The molecule has 10 heteroatoms. The van der Waals surface area contributed by atoms with E-state index in [0.717, 1.165) is 16.9 Å². The van der Waals surface area contributed by atoms with Crippen LogP contribution in [0.4, 0.5) is 5.13 Å². The largest absolute Gasteiger partial charge is 0.357 e. The molecule has 0 spiro atoms. The molecule has 2 heterocycles. The molecule has 1 amide bonds. The van der Waals surface area contributed by atoms with Gasteiger partial charge in [-0.05, 0) is 18.1 Å². The minimum Gasteiger partial charge on any atom is -0.357 e. The van der Waals surface area contributed by atoms with Gasteiger partial charge < -0.3 is 9.88 Å². The smallest absolute Gasteiger partial charge is 0.269 e. The second kappa shape index (κ2) is 6.33. The number of rotatable bonds is 6. The fraction of sp³-hybridized carbons (Fsp3) is 0.364. The Kier molecular flexibility index (Phi) is 4.70. The van der Waals surface area contributed by atoms with Gasteiger partial charge in [-0.2, -0.15) is 0 Å². The van der Waals surface area contributed by atoms with Gasteiger partial charge in [0.1, 0.15) is 0 Å². The molecule has 0 fully saturated rings. The van der Waals surface area contributed by atoms with Gasteiger partial charge in [0.15, 0.2) is 0 Å². The molecule has 0 radical (unpaired) electrons. The number of sulfonamides is 1. The van der Waals surface area contributed by atoms with Crippen LogP contribution in [0.1, 0.15) is 12.5 Å². The van der Waals surface area contributed by atoms with Crippen molar-refractivity contribution >= 4 is 32.4 Å². The predicted octanol–water partition coefficient (Wildman–Crippen LogP) is 0.356. The standard InChI is InChI=1S/C11H15N5O3S2/c1-8(17)13-10-14-15-11(20-10)21(18,19)12-5-3-9-4-6-16(2)7-9/h4,6-7,12H,3,5H2,1-2H3,(H,13,14,17). The van der Waals surface area contributed by atoms with Crippen LogP contribution in [0.5, 0.6) is 0 Å². The van der Waals surface area contributed by atoms with Gasteiger partial charge in [0, 0.05) is 32.9 Å². The summed E-state index contributed by atoms with van der Waals surface area (Å²) in [6.45, 7) is 1.58. The molecule has 0 atom stereocenters. The summed E-state index contributed by atoms with van der Waals surface area (Å²) in [7, 11) is -1.80. The zero-order valence-corrected chi connectivity index (χ0v) is 13.2. The third kappa shape index (κ3) is 4.34. The Morgan fingerprint density at radius 2 is 2.19 bits per heavy atom. The lowest BCUT2D eigenvalue weighted by atomic mass is 10.2. The minimum atomic E-state index is -3.70. The number of aromatic nitrogens is 3. The topological polar surface area (TPSA) is 106 Å². The fourth-order valence-corrected chi connectivity index (χ4v) is 3.64. The van der Waals surface area contributed by atoms with Crippen LogP contribution in [0.2, 0.25) is 0 Å². The lowest BCUT2D eigenvalue weighted by molar-refractivity contribution is -0.114. The van der Waals surface area contributed by atoms with Crippen LogP contribution in [0.25, 0.3) is 0 Å². The zero-order valence-electron chi connectivity index (χ0n) is 11.5. The van der Waals surface area contributed by atoms with E-state index in [1.807, 2.05) is 30.1 Å². The first-order valence-corrected chi connectivity index (χ1v) is 8.38. The lowest BCUT2D eigenvalue weighted by Crippen LogP contribution is -2.25. The number of hydrogen-bond acceptors (Lipinski definition) is 6. The Labute approximate surface area is 126 Å². The van der Waals surface area contributed by atoms with E-state index in [1.165, 1.54) is 6.92 Å². The highest BCUT2D eigenvalue weighted by Crippen LogP contribution is 2.19. The van der Waals surface area contributed by atoms with Crippen molar-refractivity contribution in [3.63, 3.8) is 0 Å². The highest BCUT2D eigenvalue weighted by Gasteiger charge is 2.20. The fourth-order valence-electron chi connectivity index (χ4n) is 1.62. The summed E-state index contributed by atoms with van der Waals surface area (Å²) in [4.78, 5) is 10.9. The number of hydrogen-bond donors (Lipinski definition) is 2. The van der Waals surface area contributed by atoms with Crippen LogP contribution in [-0.2, 0) is 28.3 Å². The van der Waals surface area contributed by atoms with Crippen molar-refractivity contribution in [3.05, 3.63) is 24.0 Å². The van der Waals surface area contributed by atoms with Crippen molar-refractivity contribution in [2.45, 2.75) is 17.7 Å². The molecule has 0 saturated heterocycles. The van der Waals surface area contributed by atoms with Crippen molar-refractivity contribution in [2.75, 3.05) is 11.9 Å². The van der Waals surface area contributed by atoms with E-state index in [4.69, 9.17) is 0 Å². The Hall–Kier alpha value is -1.78. The number of anilines is 1. The number of carbonyl (C=O) groups is 1. The minimum absolute atomic E-state index is 0.158. The first kappa shape index (κ1) is 15.6. The Morgan fingerprint density at radius 3 is 2.81 bits per heavy atom. The summed E-state index contributed by atoms with van der Waals surface area (Å²) in [5.41, 5.74) is 1.04. The molecule has 0 aliphatic carbocycles. The van der Waals surface area contributed by atoms with Crippen LogP contribution in [0.3, 0.4) is 0 Å². The van der Waals surface area contributed by atoms with E-state index in [1.54, 1.807) is 0 Å². The number of carbonyl (C=O) groups excluding carboxylic acids is 1. The van der Waals surface area contributed by atoms with E-state index in [0.29, 0.717) is 6.42 Å². The molecule has 0 saturated carbocycles. The van der Waals surface area contributed by atoms with Crippen molar-refractivity contribution in [2.24, 2.45) is 7.05 Å². The summed E-state index contributed by atoms with van der Waals surface area (Å²) in [5, 5.41) is 9.73. The monoisotopic (exact) mass is 329 g/mol. The molecule has 21 heavy (non-hydrogen) atoms. The van der Waals surface area contributed by atoms with E-state index < -0.39 is 10.0 Å². The summed E-state index contributed by atoms with van der Waals surface area (Å²) in [5.74, 6) is -0.327.